The molecule has 0 aromatic heterocycles. The Hall–Kier alpha value is -1.40. The van der Waals surface area contributed by atoms with Gasteiger partial charge in [-0.2, -0.15) is 0 Å². The number of hydrogen-bond acceptors (Lipinski definition) is 3. The van der Waals surface area contributed by atoms with Crippen LogP contribution in [0.3, 0.4) is 0 Å². The van der Waals surface area contributed by atoms with Gasteiger partial charge in [-0.25, -0.2) is 13.1 Å². The first-order valence-corrected chi connectivity index (χ1v) is 8.26. The molecule has 2 atom stereocenters. The summed E-state index contributed by atoms with van der Waals surface area (Å²) in [5.74, 6) is -1.85. The first-order valence-electron chi connectivity index (χ1n) is 6.60. The number of rotatable bonds is 8. The van der Waals surface area contributed by atoms with Crippen LogP contribution < -0.4 is 4.72 Å². The van der Waals surface area contributed by atoms with Crippen LogP contribution in [0.2, 0.25) is 0 Å². The van der Waals surface area contributed by atoms with Crippen LogP contribution in [-0.2, 0) is 14.8 Å². The van der Waals surface area contributed by atoms with Gasteiger partial charge in [-0.05, 0) is 17.9 Å². The van der Waals surface area contributed by atoms with Crippen LogP contribution in [0.25, 0.3) is 0 Å². The molecule has 112 valence electrons. The predicted octanol–water partition coefficient (Wildman–Crippen LogP) is 1.82. The zero-order valence-electron chi connectivity index (χ0n) is 11.7. The molecule has 0 spiro atoms. The smallest absolute Gasteiger partial charge is 0.307 e. The molecule has 0 saturated carbocycles. The molecular weight excluding hydrogens is 278 g/mol. The zero-order chi connectivity index (χ0) is 15.2. The number of hydrogen-bond donors (Lipinski definition) is 2. The molecule has 0 amide bonds. The van der Waals surface area contributed by atoms with Gasteiger partial charge in [-0.15, -0.1) is 0 Å². The van der Waals surface area contributed by atoms with Gasteiger partial charge in [0.15, 0.2) is 0 Å². The first kappa shape index (κ1) is 16.7. The molecule has 0 aliphatic rings. The Balaban J connectivity index is 2.60. The van der Waals surface area contributed by atoms with Crippen molar-refractivity contribution in [1.29, 1.82) is 0 Å². The van der Waals surface area contributed by atoms with E-state index < -0.39 is 21.9 Å². The topological polar surface area (TPSA) is 83.5 Å². The summed E-state index contributed by atoms with van der Waals surface area (Å²) >= 11 is 0. The molecule has 0 saturated heterocycles. The van der Waals surface area contributed by atoms with E-state index in [1.54, 1.807) is 6.92 Å². The quantitative estimate of drug-likeness (QED) is 0.767. The number of nitrogens with one attached hydrogen (secondary N) is 1. The maximum absolute atomic E-state index is 12.0. The predicted molar refractivity (Wildman–Crippen MR) is 78.1 cm³/mol. The van der Waals surface area contributed by atoms with Crippen molar-refractivity contribution >= 4 is 16.0 Å². The second-order valence-corrected chi connectivity index (χ2v) is 6.74. The molecule has 2 unspecified atom stereocenters. The second kappa shape index (κ2) is 7.40. The van der Waals surface area contributed by atoms with Gasteiger partial charge in [0.25, 0.3) is 0 Å². The minimum Gasteiger partial charge on any atom is -0.481 e. The highest BCUT2D eigenvalue weighted by atomic mass is 32.2. The van der Waals surface area contributed by atoms with Gasteiger partial charge in [0.1, 0.15) is 0 Å². The lowest BCUT2D eigenvalue weighted by atomic mass is 10.0. The van der Waals surface area contributed by atoms with Crippen LogP contribution in [0.15, 0.2) is 30.3 Å². The Morgan fingerprint density at radius 3 is 2.40 bits per heavy atom. The van der Waals surface area contributed by atoms with Crippen molar-refractivity contribution in [2.45, 2.75) is 26.2 Å². The van der Waals surface area contributed by atoms with E-state index in [2.05, 4.69) is 4.72 Å². The Kier molecular flexibility index (Phi) is 6.16. The van der Waals surface area contributed by atoms with E-state index in [9.17, 15) is 13.2 Å². The highest BCUT2D eigenvalue weighted by Gasteiger charge is 2.21. The van der Waals surface area contributed by atoms with Crippen LogP contribution in [-0.4, -0.2) is 31.8 Å². The van der Waals surface area contributed by atoms with Crippen LogP contribution in [0.4, 0.5) is 0 Å². The molecule has 0 bridgehead atoms. The summed E-state index contributed by atoms with van der Waals surface area (Å²) in [4.78, 5) is 10.9. The number of carboxylic acids is 1. The van der Waals surface area contributed by atoms with E-state index in [1.807, 2.05) is 37.3 Å². The zero-order valence-corrected chi connectivity index (χ0v) is 12.6. The van der Waals surface area contributed by atoms with Crippen molar-refractivity contribution in [3.8, 4) is 0 Å². The summed E-state index contributed by atoms with van der Waals surface area (Å²) in [5.41, 5.74) is 0.947. The molecule has 1 aromatic carbocycles. The molecule has 0 fully saturated rings. The van der Waals surface area contributed by atoms with Crippen LogP contribution in [0.5, 0.6) is 0 Å². The molecule has 5 nitrogen and oxygen atoms in total. The van der Waals surface area contributed by atoms with E-state index in [0.29, 0.717) is 6.42 Å². The number of sulfonamides is 1. The molecular formula is C14H21NO4S. The summed E-state index contributed by atoms with van der Waals surface area (Å²) in [6.07, 6.45) is 0.395. The Morgan fingerprint density at radius 1 is 1.30 bits per heavy atom. The fourth-order valence-electron chi connectivity index (χ4n) is 1.90. The van der Waals surface area contributed by atoms with Gasteiger partial charge in [0.2, 0.25) is 10.0 Å². The Labute approximate surface area is 120 Å². The number of carboxylic acid groups (broad SMARTS) is 1. The summed E-state index contributed by atoms with van der Waals surface area (Å²) in [5, 5.41) is 8.90. The summed E-state index contributed by atoms with van der Waals surface area (Å²) in [6, 6.07) is 9.37. The minimum absolute atomic E-state index is 0.0485. The Bertz CT molecular complexity index is 527. The largest absolute Gasteiger partial charge is 0.481 e. The number of benzene rings is 1. The summed E-state index contributed by atoms with van der Waals surface area (Å²) < 4.78 is 26.3. The number of aliphatic carboxylic acids is 1. The maximum atomic E-state index is 12.0. The van der Waals surface area contributed by atoms with Gasteiger partial charge in [0.05, 0.1) is 11.7 Å². The van der Waals surface area contributed by atoms with Crippen molar-refractivity contribution in [3.63, 3.8) is 0 Å². The minimum atomic E-state index is -3.48. The van der Waals surface area contributed by atoms with Crippen LogP contribution in [0.1, 0.15) is 31.7 Å². The van der Waals surface area contributed by atoms with Gasteiger partial charge < -0.3 is 5.11 Å². The summed E-state index contributed by atoms with van der Waals surface area (Å²) in [6.45, 7) is 3.50. The third-order valence-electron chi connectivity index (χ3n) is 3.23. The third-order valence-corrected chi connectivity index (χ3v) is 4.78. The normalized spacial score (nSPS) is 14.7. The fraction of sp³-hybridized carbons (Fsp3) is 0.500. The Morgan fingerprint density at radius 2 is 1.90 bits per heavy atom. The molecule has 1 aromatic rings. The fourth-order valence-corrected chi connectivity index (χ4v) is 3.32. The SMILES string of the molecule is CCC(CNS(=O)(=O)CC(C)c1ccccc1)C(=O)O. The van der Waals surface area contributed by atoms with Crippen molar-refractivity contribution in [2.24, 2.45) is 5.92 Å². The second-order valence-electron chi connectivity index (χ2n) is 4.89. The van der Waals surface area contributed by atoms with Crippen LogP contribution >= 0.6 is 0 Å². The highest BCUT2D eigenvalue weighted by Crippen LogP contribution is 2.16. The molecule has 6 heteroatoms. The van der Waals surface area contributed by atoms with E-state index >= 15 is 0 Å². The van der Waals surface area contributed by atoms with Gasteiger partial charge in [0, 0.05) is 6.54 Å². The molecule has 0 aliphatic heterocycles. The van der Waals surface area contributed by atoms with E-state index in [0.717, 1.165) is 5.56 Å². The van der Waals surface area contributed by atoms with Crippen molar-refractivity contribution in [1.82, 2.24) is 4.72 Å². The van der Waals surface area contributed by atoms with Crippen LogP contribution in [0, 0.1) is 5.92 Å². The lowest BCUT2D eigenvalue weighted by Crippen LogP contribution is -2.35. The molecule has 1 rings (SSSR count). The highest BCUT2D eigenvalue weighted by molar-refractivity contribution is 7.89. The molecule has 2 N–H and O–H groups in total. The van der Waals surface area contributed by atoms with Gasteiger partial charge in [-0.1, -0.05) is 44.2 Å². The van der Waals surface area contributed by atoms with E-state index in [1.165, 1.54) is 0 Å². The lowest BCUT2D eigenvalue weighted by Gasteiger charge is -2.15. The average molecular weight is 299 g/mol. The maximum Gasteiger partial charge on any atom is 0.307 e. The van der Waals surface area contributed by atoms with Gasteiger partial charge in [-0.3, -0.25) is 4.79 Å². The molecule has 0 radical (unpaired) electrons. The van der Waals surface area contributed by atoms with Gasteiger partial charge >= 0.3 is 5.97 Å². The lowest BCUT2D eigenvalue weighted by molar-refractivity contribution is -0.141. The van der Waals surface area contributed by atoms with Crippen molar-refractivity contribution in [3.05, 3.63) is 35.9 Å². The average Bonchev–Trinajstić information content (AvgIpc) is 2.39. The first-order chi connectivity index (χ1) is 9.35. The van der Waals surface area contributed by atoms with E-state index in [4.69, 9.17) is 5.11 Å². The van der Waals surface area contributed by atoms with Crippen molar-refractivity contribution < 1.29 is 18.3 Å². The van der Waals surface area contributed by atoms with E-state index in [-0.39, 0.29) is 18.2 Å². The summed E-state index contributed by atoms with van der Waals surface area (Å²) in [7, 11) is -3.48. The standard InChI is InChI=1S/C14H21NO4S/c1-3-12(14(16)17)9-15-20(18,19)10-11(2)13-7-5-4-6-8-13/h4-8,11-12,15H,3,9-10H2,1-2H3,(H,16,17). The molecule has 0 aliphatic carbocycles. The number of carbonyl (C=O) groups is 1. The molecule has 20 heavy (non-hydrogen) atoms. The molecule has 0 heterocycles. The van der Waals surface area contributed by atoms with Crippen molar-refractivity contribution in [2.75, 3.05) is 12.3 Å². The third kappa shape index (κ3) is 5.30. The monoisotopic (exact) mass is 299 g/mol.